The third kappa shape index (κ3) is 5.36. The van der Waals surface area contributed by atoms with Crippen LogP contribution in [0.3, 0.4) is 0 Å². The molecule has 0 aliphatic carbocycles. The number of nitrogens with two attached hydrogens (primary N) is 1. The fraction of sp³-hybridized carbons (Fsp3) is 0.500. The Hall–Kier alpha value is -2.90. The van der Waals surface area contributed by atoms with Crippen molar-refractivity contribution in [1.82, 2.24) is 19.5 Å². The van der Waals surface area contributed by atoms with Crippen LogP contribution >= 0.6 is 11.5 Å². The van der Waals surface area contributed by atoms with E-state index in [1.165, 1.54) is 13.3 Å². The predicted molar refractivity (Wildman–Crippen MR) is 124 cm³/mol. The number of urea groups is 1. The number of piperazine rings is 1. The van der Waals surface area contributed by atoms with Gasteiger partial charge in [-0.3, -0.25) is 15.0 Å². The number of benzene rings is 1. The first-order chi connectivity index (χ1) is 16.7. The molecule has 2 atom stereocenters. The minimum absolute atomic E-state index is 0.0286. The van der Waals surface area contributed by atoms with Gasteiger partial charge in [0.2, 0.25) is 5.88 Å². The second kappa shape index (κ2) is 10.4. The first-order valence-electron chi connectivity index (χ1n) is 11.2. The number of likely N-dealkylation sites (N-methyl/N-ethyl adjacent to an activating group) is 1. The van der Waals surface area contributed by atoms with Crippen LogP contribution in [0, 0.1) is 24.4 Å². The van der Waals surface area contributed by atoms with Gasteiger partial charge in [0, 0.05) is 38.3 Å². The highest BCUT2D eigenvalue weighted by Crippen LogP contribution is 2.32. The molecule has 2 aliphatic heterocycles. The minimum atomic E-state index is -1.38. The topological polar surface area (TPSA) is 113 Å². The third-order valence-corrected chi connectivity index (χ3v) is 7.20. The van der Waals surface area contributed by atoms with Gasteiger partial charge in [-0.25, -0.2) is 18.0 Å². The fourth-order valence-electron chi connectivity index (χ4n) is 4.55. The molecule has 2 bridgehead atoms. The molecule has 13 heteroatoms. The molecule has 0 radical (unpaired) electrons. The summed E-state index contributed by atoms with van der Waals surface area (Å²) < 4.78 is 51.1. The van der Waals surface area contributed by atoms with Gasteiger partial charge >= 0.3 is 6.03 Å². The maximum Gasteiger partial charge on any atom is 0.319 e. The molecule has 9 nitrogen and oxygen atoms in total. The standard InChI is InChI=1S/C22H27F3N6O3S/c1-11-6-15(23)14(18(25)17(11)24)10-34-20-16(19(26)32)21(35-29-20)28-22(33)27-4-3-5-31-9-12-7-13(31)8-30(12)2/h6,12-13H,3-5,7-10H2,1-2H3,(H2,26,32)(H2,27,28,33). The van der Waals surface area contributed by atoms with E-state index in [0.29, 0.717) is 18.6 Å². The lowest BCUT2D eigenvalue weighted by molar-refractivity contribution is 0.0996. The summed E-state index contributed by atoms with van der Waals surface area (Å²) in [6.07, 6.45) is 1.96. The van der Waals surface area contributed by atoms with Crippen LogP contribution in [0.2, 0.25) is 0 Å². The number of halogens is 3. The van der Waals surface area contributed by atoms with Crippen LogP contribution in [0.5, 0.6) is 5.88 Å². The van der Waals surface area contributed by atoms with Gasteiger partial charge in [0.1, 0.15) is 23.0 Å². The van der Waals surface area contributed by atoms with Crippen LogP contribution in [0.1, 0.15) is 34.3 Å². The Morgan fingerprint density at radius 3 is 2.69 bits per heavy atom. The summed E-state index contributed by atoms with van der Waals surface area (Å²) in [6, 6.07) is 1.48. The van der Waals surface area contributed by atoms with Gasteiger partial charge in [0.25, 0.3) is 5.91 Å². The molecule has 1 aromatic heterocycles. The number of hydrogen-bond acceptors (Lipinski definition) is 7. The summed E-state index contributed by atoms with van der Waals surface area (Å²) in [5, 5.41) is 5.26. The van der Waals surface area contributed by atoms with Crippen LogP contribution in [-0.2, 0) is 6.61 Å². The number of nitrogens with one attached hydrogen (secondary N) is 2. The third-order valence-electron chi connectivity index (χ3n) is 6.46. The Morgan fingerprint density at radius 1 is 1.26 bits per heavy atom. The van der Waals surface area contributed by atoms with E-state index in [1.807, 2.05) is 0 Å². The zero-order valence-corrected chi connectivity index (χ0v) is 20.2. The number of hydrogen-bond donors (Lipinski definition) is 3. The number of fused-ring (bicyclic) bond motifs is 2. The number of amides is 3. The molecule has 4 rings (SSSR count). The lowest BCUT2D eigenvalue weighted by Crippen LogP contribution is -2.45. The van der Waals surface area contributed by atoms with Crippen LogP contribution in [-0.4, -0.2) is 71.4 Å². The van der Waals surface area contributed by atoms with Crippen molar-refractivity contribution in [1.29, 1.82) is 0 Å². The Morgan fingerprint density at radius 2 is 2.03 bits per heavy atom. The number of anilines is 1. The fourth-order valence-corrected chi connectivity index (χ4v) is 5.29. The summed E-state index contributed by atoms with van der Waals surface area (Å²) >= 11 is 0.728. The maximum absolute atomic E-state index is 14.1. The van der Waals surface area contributed by atoms with Crippen LogP contribution in [0.15, 0.2) is 6.07 Å². The Kier molecular flexibility index (Phi) is 7.47. The van der Waals surface area contributed by atoms with Crippen molar-refractivity contribution in [3.05, 3.63) is 40.2 Å². The molecule has 0 saturated carbocycles. The first kappa shape index (κ1) is 25.2. The number of primary amides is 1. The predicted octanol–water partition coefficient (Wildman–Crippen LogP) is 2.45. The summed E-state index contributed by atoms with van der Waals surface area (Å²) in [7, 11) is 2.14. The molecule has 4 N–H and O–H groups in total. The van der Waals surface area contributed by atoms with Crippen LogP contribution in [0.4, 0.5) is 23.0 Å². The maximum atomic E-state index is 14.1. The van der Waals surface area contributed by atoms with Crippen molar-refractivity contribution in [2.24, 2.45) is 5.73 Å². The summed E-state index contributed by atoms with van der Waals surface area (Å²) in [4.78, 5) is 29.1. The monoisotopic (exact) mass is 512 g/mol. The van der Waals surface area contributed by atoms with E-state index in [0.717, 1.165) is 43.7 Å². The molecule has 2 saturated heterocycles. The van der Waals surface area contributed by atoms with Gasteiger partial charge in [0.05, 0.1) is 5.56 Å². The average Bonchev–Trinajstić information content (AvgIpc) is 3.49. The van der Waals surface area contributed by atoms with Crippen molar-refractivity contribution >= 4 is 28.5 Å². The molecule has 2 fully saturated rings. The van der Waals surface area contributed by atoms with Gasteiger partial charge in [-0.1, -0.05) is 0 Å². The molecule has 1 aromatic carbocycles. The Labute approximate surface area is 204 Å². The number of rotatable bonds is 9. The van der Waals surface area contributed by atoms with Crippen molar-refractivity contribution in [2.45, 2.75) is 38.5 Å². The van der Waals surface area contributed by atoms with E-state index < -0.39 is 41.6 Å². The van der Waals surface area contributed by atoms with Gasteiger partial charge < -0.3 is 20.7 Å². The van der Waals surface area contributed by atoms with Gasteiger partial charge in [-0.2, -0.15) is 4.37 Å². The normalized spacial score (nSPS) is 19.8. The Balaban J connectivity index is 1.30. The number of likely N-dealkylation sites (tertiary alicyclic amines) is 2. The minimum Gasteiger partial charge on any atom is -0.471 e. The number of aryl methyl sites for hydroxylation is 1. The molecule has 2 aliphatic rings. The number of aromatic nitrogens is 1. The van der Waals surface area contributed by atoms with E-state index >= 15 is 0 Å². The molecule has 190 valence electrons. The van der Waals surface area contributed by atoms with E-state index in [9.17, 15) is 22.8 Å². The lowest BCUT2D eigenvalue weighted by atomic mass is 10.1. The van der Waals surface area contributed by atoms with Crippen LogP contribution < -0.4 is 21.1 Å². The first-order valence-corrected chi connectivity index (χ1v) is 12.0. The van der Waals surface area contributed by atoms with E-state index in [2.05, 4.69) is 31.9 Å². The van der Waals surface area contributed by atoms with E-state index in [-0.39, 0.29) is 22.0 Å². The molecule has 2 aromatic rings. The lowest BCUT2D eigenvalue weighted by Gasteiger charge is -2.31. The molecule has 0 spiro atoms. The van der Waals surface area contributed by atoms with Crippen molar-refractivity contribution in [3.63, 3.8) is 0 Å². The number of carbonyl (C=O) groups excluding carboxylic acids is 2. The highest BCUT2D eigenvalue weighted by Gasteiger charge is 2.40. The van der Waals surface area contributed by atoms with Crippen molar-refractivity contribution in [2.75, 3.05) is 38.5 Å². The summed E-state index contributed by atoms with van der Waals surface area (Å²) in [5.41, 5.74) is 4.32. The van der Waals surface area contributed by atoms with Gasteiger partial charge in [-0.15, -0.1) is 0 Å². The number of nitrogens with zero attached hydrogens (tertiary/aromatic N) is 3. The summed E-state index contributed by atoms with van der Waals surface area (Å²) in [5.74, 6) is -4.84. The van der Waals surface area contributed by atoms with Crippen molar-refractivity contribution in [3.8, 4) is 5.88 Å². The molecule has 3 heterocycles. The van der Waals surface area contributed by atoms with E-state index in [1.54, 1.807) is 0 Å². The SMILES string of the molecule is Cc1cc(F)c(COc2nsc(NC(=O)NCCCN3CC4CC3CN4C)c2C(N)=O)c(F)c1F. The number of ether oxygens (including phenoxy) is 1. The quantitative estimate of drug-likeness (QED) is 0.352. The average molecular weight is 513 g/mol. The van der Waals surface area contributed by atoms with Gasteiger partial charge in [0.15, 0.2) is 11.6 Å². The second-order valence-corrected chi connectivity index (χ2v) is 9.61. The molecule has 35 heavy (non-hydrogen) atoms. The molecule has 3 amide bonds. The highest BCUT2D eigenvalue weighted by molar-refractivity contribution is 7.11. The zero-order valence-electron chi connectivity index (χ0n) is 19.4. The van der Waals surface area contributed by atoms with E-state index in [4.69, 9.17) is 10.5 Å². The Bertz CT molecular complexity index is 1130. The van der Waals surface area contributed by atoms with Crippen molar-refractivity contribution < 1.29 is 27.5 Å². The second-order valence-electron chi connectivity index (χ2n) is 8.84. The smallest absolute Gasteiger partial charge is 0.319 e. The van der Waals surface area contributed by atoms with Gasteiger partial charge in [-0.05, 0) is 50.0 Å². The summed E-state index contributed by atoms with van der Waals surface area (Å²) in [6.45, 7) is 3.94. The number of carbonyl (C=O) groups is 2. The molecular weight excluding hydrogens is 485 g/mol. The largest absolute Gasteiger partial charge is 0.471 e. The highest BCUT2D eigenvalue weighted by atomic mass is 32.1. The zero-order chi connectivity index (χ0) is 25.3. The van der Waals surface area contributed by atoms with Crippen LogP contribution in [0.25, 0.3) is 0 Å². The molecular formula is C22H27F3N6O3S. The molecule has 2 unspecified atom stereocenters.